The van der Waals surface area contributed by atoms with Crippen molar-refractivity contribution in [2.45, 2.75) is 64.7 Å². The molecule has 1 amide bonds. The summed E-state index contributed by atoms with van der Waals surface area (Å²) >= 11 is 0. The van der Waals surface area contributed by atoms with Gasteiger partial charge in [0, 0.05) is 6.92 Å². The normalized spacial score (nSPS) is 24.8. The van der Waals surface area contributed by atoms with Gasteiger partial charge >= 0.3 is 0 Å². The Balaban J connectivity index is 2.55. The molecule has 3 heteroatoms. The lowest BCUT2D eigenvalue weighted by Crippen LogP contribution is -2.45. The van der Waals surface area contributed by atoms with E-state index in [1.54, 1.807) is 6.92 Å². The van der Waals surface area contributed by atoms with Crippen molar-refractivity contribution in [3.63, 3.8) is 0 Å². The zero-order valence-electron chi connectivity index (χ0n) is 10.5. The standard InChI is InChI=1S/C13H23NO2/c1-4-11(5-2)16-13-9-7-6-8-12(13)14-10(3)15/h7,9,11-13H,4-6,8H2,1-3H3,(H,14,15)/t12-,13-/m1/s1. The van der Waals surface area contributed by atoms with Crippen LogP contribution < -0.4 is 5.32 Å². The van der Waals surface area contributed by atoms with Gasteiger partial charge in [0.05, 0.1) is 18.2 Å². The number of hydrogen-bond acceptors (Lipinski definition) is 2. The van der Waals surface area contributed by atoms with Crippen LogP contribution in [-0.4, -0.2) is 24.2 Å². The molecule has 1 N–H and O–H groups in total. The molecule has 0 unspecified atom stereocenters. The highest BCUT2D eigenvalue weighted by Crippen LogP contribution is 2.18. The van der Waals surface area contributed by atoms with Gasteiger partial charge in [-0.3, -0.25) is 4.79 Å². The summed E-state index contributed by atoms with van der Waals surface area (Å²) in [5.74, 6) is 0.0263. The smallest absolute Gasteiger partial charge is 0.217 e. The predicted molar refractivity (Wildman–Crippen MR) is 65.2 cm³/mol. The molecule has 0 bridgehead atoms. The minimum Gasteiger partial charge on any atom is -0.369 e. The molecular weight excluding hydrogens is 202 g/mol. The van der Waals surface area contributed by atoms with E-state index in [1.165, 1.54) is 0 Å². The summed E-state index contributed by atoms with van der Waals surface area (Å²) in [7, 11) is 0. The van der Waals surface area contributed by atoms with Crippen LogP contribution in [0.5, 0.6) is 0 Å². The molecule has 16 heavy (non-hydrogen) atoms. The van der Waals surface area contributed by atoms with Crippen molar-refractivity contribution in [1.29, 1.82) is 0 Å². The first-order valence-electron chi connectivity index (χ1n) is 6.26. The molecule has 2 atom stereocenters. The number of ether oxygens (including phenoxy) is 1. The van der Waals surface area contributed by atoms with Crippen LogP contribution >= 0.6 is 0 Å². The number of rotatable bonds is 5. The van der Waals surface area contributed by atoms with Crippen molar-refractivity contribution in [2.75, 3.05) is 0 Å². The van der Waals surface area contributed by atoms with Gasteiger partial charge in [0.25, 0.3) is 0 Å². The molecule has 0 aliphatic heterocycles. The number of carbonyl (C=O) groups excluding carboxylic acids is 1. The molecule has 0 aromatic carbocycles. The molecular formula is C13H23NO2. The Kier molecular flexibility index (Phi) is 5.53. The minimum atomic E-state index is 0.0263. The summed E-state index contributed by atoms with van der Waals surface area (Å²) < 4.78 is 6.00. The molecule has 1 rings (SSSR count). The van der Waals surface area contributed by atoms with Gasteiger partial charge in [-0.05, 0) is 25.7 Å². The molecule has 0 radical (unpaired) electrons. The second-order valence-electron chi connectivity index (χ2n) is 4.35. The summed E-state index contributed by atoms with van der Waals surface area (Å²) in [6.45, 7) is 5.83. The van der Waals surface area contributed by atoms with Crippen molar-refractivity contribution in [2.24, 2.45) is 0 Å². The molecule has 92 valence electrons. The van der Waals surface area contributed by atoms with Gasteiger partial charge in [0.15, 0.2) is 0 Å². The molecule has 0 heterocycles. The van der Waals surface area contributed by atoms with E-state index in [9.17, 15) is 4.79 Å². The van der Waals surface area contributed by atoms with Crippen LogP contribution in [0.25, 0.3) is 0 Å². The average molecular weight is 225 g/mol. The zero-order valence-corrected chi connectivity index (χ0v) is 10.5. The lowest BCUT2D eigenvalue weighted by Gasteiger charge is -2.31. The van der Waals surface area contributed by atoms with Crippen LogP contribution in [-0.2, 0) is 9.53 Å². The Morgan fingerprint density at radius 2 is 2.19 bits per heavy atom. The van der Waals surface area contributed by atoms with E-state index >= 15 is 0 Å². The molecule has 0 fully saturated rings. The predicted octanol–water partition coefficient (Wildman–Crippen LogP) is 2.41. The maximum atomic E-state index is 11.1. The van der Waals surface area contributed by atoms with Gasteiger partial charge in [-0.15, -0.1) is 0 Å². The Bertz CT molecular complexity index is 246. The van der Waals surface area contributed by atoms with Crippen molar-refractivity contribution in [3.8, 4) is 0 Å². The van der Waals surface area contributed by atoms with E-state index in [0.29, 0.717) is 6.10 Å². The van der Waals surface area contributed by atoms with Crippen LogP contribution in [0.2, 0.25) is 0 Å². The van der Waals surface area contributed by atoms with Crippen LogP contribution in [0.1, 0.15) is 46.5 Å². The Morgan fingerprint density at radius 1 is 1.50 bits per heavy atom. The first-order valence-corrected chi connectivity index (χ1v) is 6.26. The SMILES string of the molecule is CCC(CC)O[C@@H]1C=CCC[C@H]1NC(C)=O. The van der Waals surface area contributed by atoms with Gasteiger partial charge < -0.3 is 10.1 Å². The number of hydrogen-bond donors (Lipinski definition) is 1. The highest BCUT2D eigenvalue weighted by Gasteiger charge is 2.24. The Hall–Kier alpha value is -0.830. The maximum Gasteiger partial charge on any atom is 0.217 e. The molecule has 0 aromatic rings. The molecule has 0 spiro atoms. The lowest BCUT2D eigenvalue weighted by molar-refractivity contribution is -0.121. The molecule has 0 saturated heterocycles. The maximum absolute atomic E-state index is 11.1. The van der Waals surface area contributed by atoms with E-state index in [2.05, 4.69) is 31.3 Å². The van der Waals surface area contributed by atoms with Crippen LogP contribution in [0, 0.1) is 0 Å². The minimum absolute atomic E-state index is 0.0263. The van der Waals surface area contributed by atoms with Gasteiger partial charge in [0.2, 0.25) is 5.91 Å². The molecule has 1 aliphatic rings. The third kappa shape index (κ3) is 3.97. The monoisotopic (exact) mass is 225 g/mol. The fourth-order valence-corrected chi connectivity index (χ4v) is 2.06. The average Bonchev–Trinajstić information content (AvgIpc) is 2.27. The van der Waals surface area contributed by atoms with Crippen LogP contribution in [0.3, 0.4) is 0 Å². The van der Waals surface area contributed by atoms with Gasteiger partial charge in [0.1, 0.15) is 0 Å². The first-order chi connectivity index (χ1) is 7.67. The second-order valence-corrected chi connectivity index (χ2v) is 4.35. The molecule has 0 saturated carbocycles. The topological polar surface area (TPSA) is 38.3 Å². The number of nitrogens with one attached hydrogen (secondary N) is 1. The van der Waals surface area contributed by atoms with Crippen molar-refractivity contribution in [1.82, 2.24) is 5.32 Å². The Labute approximate surface area is 98.2 Å². The fourth-order valence-electron chi connectivity index (χ4n) is 2.06. The van der Waals surface area contributed by atoms with E-state index in [4.69, 9.17) is 4.74 Å². The van der Waals surface area contributed by atoms with Gasteiger partial charge in [-0.2, -0.15) is 0 Å². The van der Waals surface area contributed by atoms with E-state index in [1.807, 2.05) is 0 Å². The van der Waals surface area contributed by atoms with Gasteiger partial charge in [-0.1, -0.05) is 26.0 Å². The summed E-state index contributed by atoms with van der Waals surface area (Å²) in [5.41, 5.74) is 0. The summed E-state index contributed by atoms with van der Waals surface area (Å²) in [4.78, 5) is 11.1. The van der Waals surface area contributed by atoms with Gasteiger partial charge in [-0.25, -0.2) is 0 Å². The fraction of sp³-hybridized carbons (Fsp3) is 0.769. The lowest BCUT2D eigenvalue weighted by atomic mass is 9.98. The molecule has 1 aliphatic carbocycles. The van der Waals surface area contributed by atoms with Crippen molar-refractivity contribution in [3.05, 3.63) is 12.2 Å². The Morgan fingerprint density at radius 3 is 2.75 bits per heavy atom. The largest absolute Gasteiger partial charge is 0.369 e. The van der Waals surface area contributed by atoms with Crippen LogP contribution in [0.15, 0.2) is 12.2 Å². The zero-order chi connectivity index (χ0) is 12.0. The van der Waals surface area contributed by atoms with Crippen LogP contribution in [0.4, 0.5) is 0 Å². The third-order valence-electron chi connectivity index (χ3n) is 3.02. The van der Waals surface area contributed by atoms with E-state index < -0.39 is 0 Å². The number of carbonyl (C=O) groups is 1. The summed E-state index contributed by atoms with van der Waals surface area (Å²) in [5, 5.41) is 2.97. The van der Waals surface area contributed by atoms with E-state index in [0.717, 1.165) is 25.7 Å². The highest BCUT2D eigenvalue weighted by molar-refractivity contribution is 5.73. The summed E-state index contributed by atoms with van der Waals surface area (Å²) in [6.07, 6.45) is 8.61. The van der Waals surface area contributed by atoms with Crippen molar-refractivity contribution < 1.29 is 9.53 Å². The number of allylic oxidation sites excluding steroid dienone is 1. The first kappa shape index (κ1) is 13.2. The quantitative estimate of drug-likeness (QED) is 0.730. The third-order valence-corrected chi connectivity index (χ3v) is 3.02. The molecule has 3 nitrogen and oxygen atoms in total. The summed E-state index contributed by atoms with van der Waals surface area (Å²) in [6, 6.07) is 0.142. The van der Waals surface area contributed by atoms with Crippen molar-refractivity contribution >= 4 is 5.91 Å². The van der Waals surface area contributed by atoms with E-state index in [-0.39, 0.29) is 18.1 Å². The highest BCUT2D eigenvalue weighted by atomic mass is 16.5. The molecule has 0 aromatic heterocycles. The second kappa shape index (κ2) is 6.69. The number of amides is 1.